The van der Waals surface area contributed by atoms with E-state index in [9.17, 15) is 0 Å². The lowest BCUT2D eigenvalue weighted by molar-refractivity contribution is 0.0548. The second-order valence-corrected chi connectivity index (χ2v) is 4.97. The maximum atomic E-state index is 5.84. The zero-order valence-corrected chi connectivity index (χ0v) is 9.47. The summed E-state index contributed by atoms with van der Waals surface area (Å²) in [5.74, 6) is 0. The van der Waals surface area contributed by atoms with E-state index in [4.69, 9.17) is 11.6 Å². The second kappa shape index (κ2) is 4.65. The van der Waals surface area contributed by atoms with E-state index < -0.39 is 0 Å². The molecule has 3 heteroatoms. The highest BCUT2D eigenvalue weighted by Crippen LogP contribution is 2.21. The summed E-state index contributed by atoms with van der Waals surface area (Å²) in [5, 5.41) is 0.772. The van der Waals surface area contributed by atoms with Crippen LogP contribution in [0.3, 0.4) is 0 Å². The van der Waals surface area contributed by atoms with E-state index in [2.05, 4.69) is 16.4 Å². The molecule has 0 aromatic carbocycles. The van der Waals surface area contributed by atoms with Gasteiger partial charge in [0.1, 0.15) is 0 Å². The van der Waals surface area contributed by atoms with Gasteiger partial charge in [-0.05, 0) is 19.4 Å². The fourth-order valence-corrected chi connectivity index (χ4v) is 2.78. The Balaban J connectivity index is 1.86. The van der Waals surface area contributed by atoms with Gasteiger partial charge in [0, 0.05) is 37.3 Å². The lowest BCUT2D eigenvalue weighted by Gasteiger charge is -2.44. The van der Waals surface area contributed by atoms with Crippen molar-refractivity contribution in [1.82, 2.24) is 9.80 Å². The Morgan fingerprint density at radius 1 is 1.29 bits per heavy atom. The van der Waals surface area contributed by atoms with Gasteiger partial charge in [-0.1, -0.05) is 24.6 Å². The smallest absolute Gasteiger partial charge is 0.0336 e. The molecule has 80 valence electrons. The molecule has 2 aliphatic rings. The van der Waals surface area contributed by atoms with Crippen molar-refractivity contribution in [2.75, 3.05) is 32.7 Å². The molecule has 0 spiro atoms. The van der Waals surface area contributed by atoms with Crippen molar-refractivity contribution in [2.24, 2.45) is 0 Å². The molecule has 2 saturated heterocycles. The van der Waals surface area contributed by atoms with E-state index in [0.29, 0.717) is 0 Å². The lowest BCUT2D eigenvalue weighted by atomic mass is 9.99. The molecule has 2 rings (SSSR count). The van der Waals surface area contributed by atoms with Gasteiger partial charge in [-0.3, -0.25) is 9.80 Å². The molecule has 0 aliphatic carbocycles. The highest BCUT2D eigenvalue weighted by atomic mass is 35.5. The quantitative estimate of drug-likeness (QED) is 0.693. The van der Waals surface area contributed by atoms with Crippen molar-refractivity contribution in [3.05, 3.63) is 11.6 Å². The highest BCUT2D eigenvalue weighted by molar-refractivity contribution is 6.29. The van der Waals surface area contributed by atoms with E-state index >= 15 is 0 Å². The van der Waals surface area contributed by atoms with Crippen LogP contribution in [0.4, 0.5) is 0 Å². The summed E-state index contributed by atoms with van der Waals surface area (Å²) < 4.78 is 0. The molecule has 14 heavy (non-hydrogen) atoms. The first-order valence-corrected chi connectivity index (χ1v) is 5.93. The summed E-state index contributed by atoms with van der Waals surface area (Å²) in [6.45, 7) is 9.49. The predicted octanol–water partition coefficient (Wildman–Crippen LogP) is 1.91. The molecule has 0 aromatic heterocycles. The fraction of sp³-hybridized carbons (Fsp3) is 0.818. The van der Waals surface area contributed by atoms with Crippen LogP contribution in [-0.2, 0) is 0 Å². The van der Waals surface area contributed by atoms with E-state index in [0.717, 1.165) is 24.2 Å². The standard InChI is InChI=1S/C11H19ClN2/c1-10(12)8-13-6-7-14-5-3-2-4-11(14)9-13/h11H,1-9H2. The molecule has 0 amide bonds. The zero-order valence-electron chi connectivity index (χ0n) is 8.71. The van der Waals surface area contributed by atoms with Gasteiger partial charge >= 0.3 is 0 Å². The SMILES string of the molecule is C=C(Cl)CN1CCN2CCCCC2C1. The average Bonchev–Trinajstić information content (AvgIpc) is 2.17. The minimum Gasteiger partial charge on any atom is -0.298 e. The monoisotopic (exact) mass is 214 g/mol. The first-order valence-electron chi connectivity index (χ1n) is 5.55. The van der Waals surface area contributed by atoms with Crippen LogP contribution < -0.4 is 0 Å². The summed E-state index contributed by atoms with van der Waals surface area (Å²) in [6.07, 6.45) is 4.15. The third kappa shape index (κ3) is 2.50. The molecule has 0 N–H and O–H groups in total. The van der Waals surface area contributed by atoms with Crippen molar-refractivity contribution < 1.29 is 0 Å². The molecular formula is C11H19ClN2. The van der Waals surface area contributed by atoms with Crippen molar-refractivity contribution in [3.63, 3.8) is 0 Å². The van der Waals surface area contributed by atoms with Crippen molar-refractivity contribution in [1.29, 1.82) is 0 Å². The summed E-state index contributed by atoms with van der Waals surface area (Å²) in [6, 6.07) is 0.786. The molecule has 2 aliphatic heterocycles. The fourth-order valence-electron chi connectivity index (χ4n) is 2.61. The maximum Gasteiger partial charge on any atom is 0.0336 e. The summed E-state index contributed by atoms with van der Waals surface area (Å²) in [4.78, 5) is 5.07. The third-order valence-corrected chi connectivity index (χ3v) is 3.44. The Bertz CT molecular complexity index is 217. The summed E-state index contributed by atoms with van der Waals surface area (Å²) in [5.41, 5.74) is 0. The maximum absolute atomic E-state index is 5.84. The van der Waals surface area contributed by atoms with Gasteiger partial charge in [-0.15, -0.1) is 0 Å². The number of rotatable bonds is 2. The van der Waals surface area contributed by atoms with E-state index in [1.54, 1.807) is 0 Å². The van der Waals surface area contributed by atoms with E-state index in [1.807, 2.05) is 0 Å². The number of piperidine rings is 1. The molecule has 2 fully saturated rings. The van der Waals surface area contributed by atoms with E-state index in [1.165, 1.54) is 38.9 Å². The number of hydrogen-bond donors (Lipinski definition) is 0. The first-order chi connectivity index (χ1) is 6.75. The molecule has 1 atom stereocenters. The van der Waals surface area contributed by atoms with Crippen molar-refractivity contribution in [3.8, 4) is 0 Å². The lowest BCUT2D eigenvalue weighted by Crippen LogP contribution is -2.54. The minimum absolute atomic E-state index is 0.772. The second-order valence-electron chi connectivity index (χ2n) is 4.44. The van der Waals surface area contributed by atoms with Crippen molar-refractivity contribution in [2.45, 2.75) is 25.3 Å². The number of halogens is 1. The normalized spacial score (nSPS) is 29.9. The molecular weight excluding hydrogens is 196 g/mol. The molecule has 0 bridgehead atoms. The van der Waals surface area contributed by atoms with Crippen LogP contribution in [0.25, 0.3) is 0 Å². The van der Waals surface area contributed by atoms with Gasteiger partial charge in [0.25, 0.3) is 0 Å². The number of hydrogen-bond acceptors (Lipinski definition) is 2. The molecule has 0 radical (unpaired) electrons. The van der Waals surface area contributed by atoms with Crippen LogP contribution >= 0.6 is 11.6 Å². The van der Waals surface area contributed by atoms with Gasteiger partial charge in [0.2, 0.25) is 0 Å². The van der Waals surface area contributed by atoms with Gasteiger partial charge in [0.05, 0.1) is 0 Å². The first kappa shape index (κ1) is 10.5. The Morgan fingerprint density at radius 2 is 2.14 bits per heavy atom. The molecule has 2 nitrogen and oxygen atoms in total. The van der Waals surface area contributed by atoms with Crippen LogP contribution in [0.2, 0.25) is 0 Å². The number of piperazine rings is 1. The topological polar surface area (TPSA) is 6.48 Å². The summed E-state index contributed by atoms with van der Waals surface area (Å²) in [7, 11) is 0. The largest absolute Gasteiger partial charge is 0.298 e. The van der Waals surface area contributed by atoms with Crippen LogP contribution in [0.1, 0.15) is 19.3 Å². The Kier molecular flexibility index (Phi) is 3.47. The van der Waals surface area contributed by atoms with Crippen LogP contribution in [0.15, 0.2) is 11.6 Å². The molecule has 0 aromatic rings. The van der Waals surface area contributed by atoms with Gasteiger partial charge in [-0.25, -0.2) is 0 Å². The highest BCUT2D eigenvalue weighted by Gasteiger charge is 2.28. The Labute approximate surface area is 91.5 Å². The molecule has 0 saturated carbocycles. The molecule has 1 unspecified atom stereocenters. The van der Waals surface area contributed by atoms with Crippen LogP contribution in [-0.4, -0.2) is 48.6 Å². The Morgan fingerprint density at radius 3 is 2.93 bits per heavy atom. The number of fused-ring (bicyclic) bond motifs is 1. The van der Waals surface area contributed by atoms with E-state index in [-0.39, 0.29) is 0 Å². The van der Waals surface area contributed by atoms with Gasteiger partial charge in [0.15, 0.2) is 0 Å². The number of nitrogens with zero attached hydrogens (tertiary/aromatic N) is 2. The third-order valence-electron chi connectivity index (χ3n) is 3.32. The molecule has 2 heterocycles. The minimum atomic E-state index is 0.772. The van der Waals surface area contributed by atoms with Gasteiger partial charge < -0.3 is 0 Å². The zero-order chi connectivity index (χ0) is 9.97. The van der Waals surface area contributed by atoms with Gasteiger partial charge in [-0.2, -0.15) is 0 Å². The Hall–Kier alpha value is -0.0500. The van der Waals surface area contributed by atoms with Crippen molar-refractivity contribution >= 4 is 11.6 Å². The average molecular weight is 215 g/mol. The van der Waals surface area contributed by atoms with Crippen LogP contribution in [0.5, 0.6) is 0 Å². The van der Waals surface area contributed by atoms with Crippen LogP contribution in [0, 0.1) is 0 Å². The predicted molar refractivity (Wildman–Crippen MR) is 60.6 cm³/mol. The summed E-state index contributed by atoms with van der Waals surface area (Å²) >= 11 is 5.84.